The van der Waals surface area contributed by atoms with Gasteiger partial charge in [0.15, 0.2) is 0 Å². The molecule has 6 heteroatoms. The van der Waals surface area contributed by atoms with Crippen LogP contribution in [0.2, 0.25) is 0 Å². The third-order valence-corrected chi connectivity index (χ3v) is 6.75. The molecule has 5 nitrogen and oxygen atoms in total. The van der Waals surface area contributed by atoms with Gasteiger partial charge in [-0.05, 0) is 61.7 Å². The fraction of sp³-hybridized carbons (Fsp3) is 0.455. The van der Waals surface area contributed by atoms with Crippen LogP contribution in [0.1, 0.15) is 34.7 Å². The Hall–Kier alpha value is -2.47. The number of rotatable bonds is 3. The predicted molar refractivity (Wildman–Crippen MR) is 103 cm³/mol. The van der Waals surface area contributed by atoms with Crippen molar-refractivity contribution in [2.45, 2.75) is 30.8 Å². The summed E-state index contributed by atoms with van der Waals surface area (Å²) in [7, 11) is 1.54. The van der Waals surface area contributed by atoms with Crippen molar-refractivity contribution in [1.82, 2.24) is 14.8 Å². The van der Waals surface area contributed by atoms with Crippen LogP contribution in [0, 0.1) is 11.7 Å². The van der Waals surface area contributed by atoms with Crippen LogP contribution in [0.4, 0.5) is 4.39 Å². The summed E-state index contributed by atoms with van der Waals surface area (Å²) in [5.74, 6) is 0.845. The standard InChI is InChI=1S/C22H24FN3O2/c1-28-21-17(3-2-10-24-21)22(27)26-13-18(14-4-6-16(23)7-5-14)20-19(26)15-8-11-25(20)12-9-15/h2-7,10,15,18-20H,8-9,11-13H2,1H3/t18-,19+,20+/m0/s1. The zero-order valence-corrected chi connectivity index (χ0v) is 15.9. The SMILES string of the molecule is COc1ncccc1C(=O)N1C[C@@H](c2ccc(F)cc2)[C@@H]2[C@H]1C1CCN2CC1. The van der Waals surface area contributed by atoms with E-state index in [0.717, 1.165) is 31.5 Å². The highest BCUT2D eigenvalue weighted by Gasteiger charge is 2.54. The zero-order valence-electron chi connectivity index (χ0n) is 15.9. The Morgan fingerprint density at radius 1 is 1.14 bits per heavy atom. The van der Waals surface area contributed by atoms with Gasteiger partial charge in [0, 0.05) is 24.7 Å². The van der Waals surface area contributed by atoms with Crippen LogP contribution in [-0.2, 0) is 0 Å². The minimum Gasteiger partial charge on any atom is -0.480 e. The first-order valence-electron chi connectivity index (χ1n) is 9.97. The van der Waals surface area contributed by atoms with Crippen molar-refractivity contribution in [3.8, 4) is 5.88 Å². The van der Waals surface area contributed by atoms with Crippen molar-refractivity contribution >= 4 is 5.91 Å². The predicted octanol–water partition coefficient (Wildman–Crippen LogP) is 2.93. The number of benzene rings is 1. The quantitative estimate of drug-likeness (QED) is 0.820. The summed E-state index contributed by atoms with van der Waals surface area (Å²) in [6.07, 6.45) is 3.90. The minimum atomic E-state index is -0.225. The molecule has 1 aromatic heterocycles. The number of halogens is 1. The molecule has 28 heavy (non-hydrogen) atoms. The highest BCUT2D eigenvalue weighted by molar-refractivity contribution is 5.97. The number of piperidine rings is 3. The maximum absolute atomic E-state index is 13.5. The Balaban J connectivity index is 1.53. The van der Waals surface area contributed by atoms with E-state index in [9.17, 15) is 9.18 Å². The summed E-state index contributed by atoms with van der Waals surface area (Å²) in [6.45, 7) is 2.81. The van der Waals surface area contributed by atoms with Crippen molar-refractivity contribution in [3.05, 3.63) is 59.5 Å². The molecule has 0 spiro atoms. The fourth-order valence-corrected chi connectivity index (χ4v) is 5.53. The molecule has 2 bridgehead atoms. The van der Waals surface area contributed by atoms with Crippen molar-refractivity contribution in [2.24, 2.45) is 5.92 Å². The third kappa shape index (κ3) is 2.70. The van der Waals surface area contributed by atoms with Crippen LogP contribution in [-0.4, -0.2) is 59.5 Å². The Kier molecular flexibility index (Phi) is 4.31. The number of aromatic nitrogens is 1. The van der Waals surface area contributed by atoms with E-state index in [1.807, 2.05) is 17.0 Å². The second-order valence-corrected chi connectivity index (χ2v) is 8.03. The van der Waals surface area contributed by atoms with E-state index in [2.05, 4.69) is 9.88 Å². The van der Waals surface area contributed by atoms with E-state index >= 15 is 0 Å². The van der Waals surface area contributed by atoms with Gasteiger partial charge in [-0.25, -0.2) is 9.37 Å². The molecule has 0 unspecified atom stereocenters. The van der Waals surface area contributed by atoms with E-state index in [1.54, 1.807) is 25.4 Å². The molecule has 1 aromatic carbocycles. The molecular formula is C22H24FN3O2. The lowest BCUT2D eigenvalue weighted by molar-refractivity contribution is -0.00351. The van der Waals surface area contributed by atoms with E-state index < -0.39 is 0 Å². The summed E-state index contributed by atoms with van der Waals surface area (Å²) in [5.41, 5.74) is 1.62. The molecule has 6 rings (SSSR count). The summed E-state index contributed by atoms with van der Waals surface area (Å²) < 4.78 is 18.8. The molecule has 0 aliphatic carbocycles. The van der Waals surface area contributed by atoms with Gasteiger partial charge in [0.1, 0.15) is 11.4 Å². The zero-order chi connectivity index (χ0) is 19.3. The highest BCUT2D eigenvalue weighted by atomic mass is 19.1. The monoisotopic (exact) mass is 381 g/mol. The number of pyridine rings is 1. The number of methoxy groups -OCH3 is 1. The Bertz CT molecular complexity index is 880. The van der Waals surface area contributed by atoms with Crippen LogP contribution >= 0.6 is 0 Å². The Morgan fingerprint density at radius 2 is 1.89 bits per heavy atom. The number of hydrogen-bond donors (Lipinski definition) is 0. The number of ether oxygens (including phenoxy) is 1. The highest BCUT2D eigenvalue weighted by Crippen LogP contribution is 2.47. The van der Waals surface area contributed by atoms with Gasteiger partial charge in [-0.1, -0.05) is 12.1 Å². The molecule has 4 aliphatic rings. The maximum Gasteiger partial charge on any atom is 0.259 e. The summed E-state index contributed by atoms with van der Waals surface area (Å²) >= 11 is 0. The third-order valence-electron chi connectivity index (χ3n) is 6.75. The molecule has 0 N–H and O–H groups in total. The molecule has 5 heterocycles. The van der Waals surface area contributed by atoms with E-state index in [-0.39, 0.29) is 23.7 Å². The molecule has 3 atom stereocenters. The van der Waals surface area contributed by atoms with Crippen LogP contribution < -0.4 is 4.74 Å². The molecule has 146 valence electrons. The van der Waals surface area contributed by atoms with Crippen LogP contribution in [0.3, 0.4) is 0 Å². The van der Waals surface area contributed by atoms with Crippen molar-refractivity contribution in [3.63, 3.8) is 0 Å². The fourth-order valence-electron chi connectivity index (χ4n) is 5.53. The number of carbonyl (C=O) groups excluding carboxylic acids is 1. The second-order valence-electron chi connectivity index (χ2n) is 8.03. The smallest absolute Gasteiger partial charge is 0.259 e. The van der Waals surface area contributed by atoms with Gasteiger partial charge in [-0.2, -0.15) is 0 Å². The number of hydrogen-bond acceptors (Lipinski definition) is 4. The van der Waals surface area contributed by atoms with Crippen molar-refractivity contribution < 1.29 is 13.9 Å². The van der Waals surface area contributed by atoms with Crippen LogP contribution in [0.25, 0.3) is 0 Å². The number of likely N-dealkylation sites (tertiary alicyclic amines) is 1. The molecule has 4 fully saturated rings. The van der Waals surface area contributed by atoms with Gasteiger partial charge >= 0.3 is 0 Å². The summed E-state index contributed by atoms with van der Waals surface area (Å²) in [5, 5.41) is 0. The van der Waals surface area contributed by atoms with Crippen LogP contribution in [0.15, 0.2) is 42.6 Å². The number of nitrogens with zero attached hydrogens (tertiary/aromatic N) is 3. The van der Waals surface area contributed by atoms with Gasteiger partial charge in [0.25, 0.3) is 5.91 Å². The van der Waals surface area contributed by atoms with Crippen molar-refractivity contribution in [1.29, 1.82) is 0 Å². The van der Waals surface area contributed by atoms with E-state index in [4.69, 9.17) is 4.74 Å². The van der Waals surface area contributed by atoms with Gasteiger partial charge in [-0.15, -0.1) is 0 Å². The Morgan fingerprint density at radius 3 is 2.61 bits per heavy atom. The average Bonchev–Trinajstić information content (AvgIpc) is 3.17. The van der Waals surface area contributed by atoms with Gasteiger partial charge in [0.05, 0.1) is 13.2 Å². The molecular weight excluding hydrogens is 357 g/mol. The normalized spacial score (nSPS) is 30.9. The Labute approximate surface area is 164 Å². The molecule has 2 aromatic rings. The largest absolute Gasteiger partial charge is 0.480 e. The molecule has 0 radical (unpaired) electrons. The maximum atomic E-state index is 13.5. The molecule has 4 aliphatic heterocycles. The lowest BCUT2D eigenvalue weighted by atomic mass is 9.75. The first kappa shape index (κ1) is 17.6. The van der Waals surface area contributed by atoms with Gasteiger partial charge in [-0.3, -0.25) is 9.69 Å². The topological polar surface area (TPSA) is 45.7 Å². The lowest BCUT2D eigenvalue weighted by Crippen LogP contribution is -2.60. The van der Waals surface area contributed by atoms with Crippen LogP contribution in [0.5, 0.6) is 5.88 Å². The molecule has 1 amide bonds. The van der Waals surface area contributed by atoms with Crippen molar-refractivity contribution in [2.75, 3.05) is 26.7 Å². The van der Waals surface area contributed by atoms with E-state index in [0.29, 0.717) is 29.9 Å². The first-order valence-corrected chi connectivity index (χ1v) is 9.97. The molecule has 0 saturated carbocycles. The average molecular weight is 381 g/mol. The van der Waals surface area contributed by atoms with E-state index in [1.165, 1.54) is 12.1 Å². The summed E-state index contributed by atoms with van der Waals surface area (Å²) in [6, 6.07) is 10.8. The molecule has 4 saturated heterocycles. The number of carbonyl (C=O) groups is 1. The first-order chi connectivity index (χ1) is 13.7. The van der Waals surface area contributed by atoms with Gasteiger partial charge in [0.2, 0.25) is 5.88 Å². The lowest BCUT2D eigenvalue weighted by Gasteiger charge is -2.51. The minimum absolute atomic E-state index is 0.0155. The summed E-state index contributed by atoms with van der Waals surface area (Å²) in [4.78, 5) is 22.3. The number of amides is 1. The second kappa shape index (κ2) is 6.85. The number of fused-ring (bicyclic) bond motifs is 2. The van der Waals surface area contributed by atoms with Gasteiger partial charge < -0.3 is 9.64 Å².